The molecule has 1 aromatic carbocycles. The van der Waals surface area contributed by atoms with Crippen molar-refractivity contribution in [3.8, 4) is 0 Å². The van der Waals surface area contributed by atoms with E-state index in [1.54, 1.807) is 11.8 Å². The van der Waals surface area contributed by atoms with Gasteiger partial charge in [0.2, 0.25) is 0 Å². The number of thiophene rings is 1. The number of carbonyl (C=O) groups excluding carboxylic acids is 2. The number of hydrogen-bond donors (Lipinski definition) is 2. The Balaban J connectivity index is 1.76. The highest BCUT2D eigenvalue weighted by molar-refractivity contribution is 7.97. The standard InChI is InChI=1S/C19H20N2O3S2/c1-4-15-11(2)9-16(26-15)18(22)20-21-19(23)17-13(10-25-3)12-7-5-6-8-14(12)24-17/h5-9H,4,10H2,1-3H3,(H,20,22)(H,21,23). The number of rotatable bonds is 5. The van der Waals surface area contributed by atoms with E-state index in [-0.39, 0.29) is 11.7 Å². The van der Waals surface area contributed by atoms with Crippen LogP contribution in [0.15, 0.2) is 34.7 Å². The zero-order chi connectivity index (χ0) is 18.7. The molecule has 0 fully saturated rings. The van der Waals surface area contributed by atoms with Crippen LogP contribution in [0.4, 0.5) is 0 Å². The van der Waals surface area contributed by atoms with Crippen LogP contribution < -0.4 is 10.9 Å². The minimum absolute atomic E-state index is 0.234. The van der Waals surface area contributed by atoms with Gasteiger partial charge in [-0.1, -0.05) is 25.1 Å². The highest BCUT2D eigenvalue weighted by atomic mass is 32.2. The molecular formula is C19H20N2O3S2. The Hall–Kier alpha value is -2.25. The van der Waals surface area contributed by atoms with E-state index in [1.165, 1.54) is 16.2 Å². The normalized spacial score (nSPS) is 10.9. The zero-order valence-corrected chi connectivity index (χ0v) is 16.5. The van der Waals surface area contributed by atoms with E-state index in [9.17, 15) is 9.59 Å². The molecule has 0 aliphatic rings. The third kappa shape index (κ3) is 3.64. The summed E-state index contributed by atoms with van der Waals surface area (Å²) >= 11 is 3.05. The maximum Gasteiger partial charge on any atom is 0.305 e. The Labute approximate surface area is 160 Å². The molecule has 2 aromatic heterocycles. The molecule has 2 heterocycles. The van der Waals surface area contributed by atoms with Crippen LogP contribution in [-0.4, -0.2) is 18.1 Å². The van der Waals surface area contributed by atoms with E-state index >= 15 is 0 Å². The lowest BCUT2D eigenvalue weighted by Crippen LogP contribution is -2.41. The van der Waals surface area contributed by atoms with Crippen LogP contribution in [0.3, 0.4) is 0 Å². The number of hydrazine groups is 1. The van der Waals surface area contributed by atoms with Gasteiger partial charge < -0.3 is 4.42 Å². The predicted molar refractivity (Wildman–Crippen MR) is 107 cm³/mol. The summed E-state index contributed by atoms with van der Waals surface area (Å²) in [4.78, 5) is 26.6. The van der Waals surface area contributed by atoms with Crippen molar-refractivity contribution in [2.75, 3.05) is 6.26 Å². The molecule has 136 valence electrons. The maximum atomic E-state index is 12.5. The Morgan fingerprint density at radius 3 is 2.62 bits per heavy atom. The van der Waals surface area contributed by atoms with Crippen LogP contribution in [0.25, 0.3) is 11.0 Å². The number of benzene rings is 1. The van der Waals surface area contributed by atoms with E-state index in [1.807, 2.05) is 43.5 Å². The van der Waals surface area contributed by atoms with Crippen molar-refractivity contribution in [1.29, 1.82) is 0 Å². The highest BCUT2D eigenvalue weighted by Gasteiger charge is 2.21. The van der Waals surface area contributed by atoms with Gasteiger partial charge in [0, 0.05) is 21.6 Å². The largest absolute Gasteiger partial charge is 0.451 e. The van der Waals surface area contributed by atoms with Gasteiger partial charge in [0.1, 0.15) is 5.58 Å². The summed E-state index contributed by atoms with van der Waals surface area (Å²) in [6.45, 7) is 4.03. The molecule has 0 saturated carbocycles. The van der Waals surface area contributed by atoms with Gasteiger partial charge in [-0.15, -0.1) is 11.3 Å². The average molecular weight is 389 g/mol. The molecule has 5 nitrogen and oxygen atoms in total. The molecule has 0 saturated heterocycles. The predicted octanol–water partition coefficient (Wildman–Crippen LogP) is 4.30. The number of furan rings is 1. The molecule has 0 aliphatic heterocycles. The molecule has 0 spiro atoms. The molecule has 26 heavy (non-hydrogen) atoms. The smallest absolute Gasteiger partial charge is 0.305 e. The Morgan fingerprint density at radius 2 is 1.92 bits per heavy atom. The molecule has 2 amide bonds. The van der Waals surface area contributed by atoms with Gasteiger partial charge in [-0.05, 0) is 37.3 Å². The lowest BCUT2D eigenvalue weighted by molar-refractivity contribution is 0.0833. The number of para-hydroxylation sites is 1. The van der Waals surface area contributed by atoms with Crippen molar-refractivity contribution in [3.63, 3.8) is 0 Å². The molecule has 0 bridgehead atoms. The summed E-state index contributed by atoms with van der Waals surface area (Å²) < 4.78 is 5.72. The van der Waals surface area contributed by atoms with Gasteiger partial charge >= 0.3 is 5.91 Å². The first kappa shape index (κ1) is 18.5. The Kier molecular flexibility index (Phi) is 5.68. The number of amides is 2. The van der Waals surface area contributed by atoms with Gasteiger partial charge in [-0.25, -0.2) is 0 Å². The van der Waals surface area contributed by atoms with E-state index in [0.29, 0.717) is 16.2 Å². The second-order valence-electron chi connectivity index (χ2n) is 5.82. The molecule has 3 rings (SSSR count). The van der Waals surface area contributed by atoms with Crippen molar-refractivity contribution in [1.82, 2.24) is 10.9 Å². The summed E-state index contributed by atoms with van der Waals surface area (Å²) in [5, 5.41) is 0.916. The summed E-state index contributed by atoms with van der Waals surface area (Å²) in [6, 6.07) is 9.37. The third-order valence-electron chi connectivity index (χ3n) is 4.05. The van der Waals surface area contributed by atoms with E-state index in [0.717, 1.165) is 22.9 Å². The molecule has 0 radical (unpaired) electrons. The van der Waals surface area contributed by atoms with Gasteiger partial charge in [-0.3, -0.25) is 20.4 Å². The highest BCUT2D eigenvalue weighted by Crippen LogP contribution is 2.28. The van der Waals surface area contributed by atoms with Gasteiger partial charge in [-0.2, -0.15) is 11.8 Å². The van der Waals surface area contributed by atoms with Crippen molar-refractivity contribution in [3.05, 3.63) is 57.0 Å². The summed E-state index contributed by atoms with van der Waals surface area (Å²) in [7, 11) is 0. The van der Waals surface area contributed by atoms with Crippen molar-refractivity contribution in [2.24, 2.45) is 0 Å². The lowest BCUT2D eigenvalue weighted by Gasteiger charge is -2.06. The van der Waals surface area contributed by atoms with Crippen LogP contribution in [0.2, 0.25) is 0 Å². The van der Waals surface area contributed by atoms with E-state index in [4.69, 9.17) is 4.42 Å². The van der Waals surface area contributed by atoms with Gasteiger partial charge in [0.05, 0.1) is 4.88 Å². The van der Waals surface area contributed by atoms with Crippen molar-refractivity contribution in [2.45, 2.75) is 26.0 Å². The third-order valence-corrected chi connectivity index (χ3v) is 6.01. The van der Waals surface area contributed by atoms with Crippen molar-refractivity contribution < 1.29 is 14.0 Å². The number of aryl methyl sites for hydroxylation is 2. The number of carbonyl (C=O) groups is 2. The average Bonchev–Trinajstić information content (AvgIpc) is 3.20. The number of thioether (sulfide) groups is 1. The lowest BCUT2D eigenvalue weighted by atomic mass is 10.1. The van der Waals surface area contributed by atoms with Crippen LogP contribution >= 0.6 is 23.1 Å². The molecule has 0 unspecified atom stereocenters. The summed E-state index contributed by atoms with van der Waals surface area (Å²) in [5.41, 5.74) is 7.54. The molecule has 7 heteroatoms. The first-order valence-electron chi connectivity index (χ1n) is 8.24. The Morgan fingerprint density at radius 1 is 1.19 bits per heavy atom. The van der Waals surface area contributed by atoms with Crippen LogP contribution in [0.5, 0.6) is 0 Å². The topological polar surface area (TPSA) is 71.3 Å². The first-order valence-corrected chi connectivity index (χ1v) is 10.5. The van der Waals surface area contributed by atoms with Crippen molar-refractivity contribution >= 4 is 45.9 Å². The number of hydrogen-bond acceptors (Lipinski definition) is 5. The van der Waals surface area contributed by atoms with Crippen LogP contribution in [-0.2, 0) is 12.2 Å². The fraction of sp³-hybridized carbons (Fsp3) is 0.263. The van der Waals surface area contributed by atoms with Crippen LogP contribution in [0.1, 0.15) is 43.2 Å². The summed E-state index contributed by atoms with van der Waals surface area (Å²) in [5.74, 6) is 0.103. The molecule has 3 aromatic rings. The summed E-state index contributed by atoms with van der Waals surface area (Å²) in [6.07, 6.45) is 2.85. The van der Waals surface area contributed by atoms with Gasteiger partial charge in [0.15, 0.2) is 5.76 Å². The Bertz CT molecular complexity index is 959. The van der Waals surface area contributed by atoms with E-state index < -0.39 is 5.91 Å². The molecule has 0 atom stereocenters. The number of nitrogens with one attached hydrogen (secondary N) is 2. The van der Waals surface area contributed by atoms with Crippen LogP contribution in [0, 0.1) is 6.92 Å². The zero-order valence-electron chi connectivity index (χ0n) is 14.8. The molecular weight excluding hydrogens is 368 g/mol. The minimum atomic E-state index is -0.456. The second-order valence-corrected chi connectivity index (χ2v) is 7.82. The molecule has 0 aliphatic carbocycles. The first-order chi connectivity index (χ1) is 12.5. The SMILES string of the molecule is CCc1sc(C(=O)NNC(=O)c2oc3ccccc3c2CSC)cc1C. The fourth-order valence-corrected chi connectivity index (χ4v) is 4.37. The second kappa shape index (κ2) is 7.97. The van der Waals surface area contributed by atoms with Gasteiger partial charge in [0.25, 0.3) is 5.91 Å². The van der Waals surface area contributed by atoms with E-state index in [2.05, 4.69) is 17.8 Å². The monoisotopic (exact) mass is 388 g/mol. The maximum absolute atomic E-state index is 12.5. The minimum Gasteiger partial charge on any atom is -0.451 e. The quantitative estimate of drug-likeness (QED) is 0.639. The fourth-order valence-electron chi connectivity index (χ4n) is 2.78. The molecule has 2 N–H and O–H groups in total. The number of fused-ring (bicyclic) bond motifs is 1.